The summed E-state index contributed by atoms with van der Waals surface area (Å²) in [6.45, 7) is 6.38. The average molecular weight is 245 g/mol. The first-order valence-electron chi connectivity index (χ1n) is 5.43. The number of hydrogen-bond donors (Lipinski definition) is 0. The largest absolute Gasteiger partial charge is 0.293 e. The van der Waals surface area contributed by atoms with Crippen LogP contribution in [0.25, 0.3) is 0 Å². The van der Waals surface area contributed by atoms with Crippen LogP contribution in [0.15, 0.2) is 0 Å². The van der Waals surface area contributed by atoms with E-state index in [-0.39, 0.29) is 0 Å². The fourth-order valence-corrected chi connectivity index (χ4v) is 3.37. The van der Waals surface area contributed by atoms with Crippen LogP contribution in [0.3, 0.4) is 0 Å². The fourth-order valence-electron chi connectivity index (χ4n) is 2.06. The molecule has 0 spiro atoms. The summed E-state index contributed by atoms with van der Waals surface area (Å²) in [5.74, 6) is 0.753. The van der Waals surface area contributed by atoms with E-state index in [9.17, 15) is 0 Å². The minimum atomic E-state index is 0.566. The quantitative estimate of drug-likeness (QED) is 0.760. The van der Waals surface area contributed by atoms with Gasteiger partial charge in [0.1, 0.15) is 5.01 Å². The molecule has 84 valence electrons. The van der Waals surface area contributed by atoms with Crippen molar-refractivity contribution in [1.82, 2.24) is 9.88 Å². The lowest BCUT2D eigenvalue weighted by molar-refractivity contribution is 0.262. The number of hydrogen-bond acceptors (Lipinski definition) is 3. The van der Waals surface area contributed by atoms with Gasteiger partial charge in [-0.15, -0.1) is 22.9 Å². The molecule has 0 aromatic carbocycles. The molecule has 0 aliphatic carbocycles. The summed E-state index contributed by atoms with van der Waals surface area (Å²) < 4.78 is 0. The molecule has 1 aromatic heterocycles. The number of thiazole rings is 1. The monoisotopic (exact) mass is 244 g/mol. The zero-order chi connectivity index (χ0) is 10.8. The Morgan fingerprint density at radius 1 is 1.53 bits per heavy atom. The van der Waals surface area contributed by atoms with E-state index in [1.807, 2.05) is 11.3 Å². The van der Waals surface area contributed by atoms with Crippen molar-refractivity contribution in [1.29, 1.82) is 0 Å². The van der Waals surface area contributed by atoms with Crippen molar-refractivity contribution < 1.29 is 0 Å². The van der Waals surface area contributed by atoms with E-state index in [1.54, 1.807) is 0 Å². The van der Waals surface area contributed by atoms with Crippen LogP contribution >= 0.6 is 22.9 Å². The van der Waals surface area contributed by atoms with Gasteiger partial charge in [0, 0.05) is 16.8 Å². The third-order valence-corrected chi connectivity index (χ3v) is 4.50. The molecule has 1 atom stereocenters. The van der Waals surface area contributed by atoms with Crippen LogP contribution in [0.5, 0.6) is 0 Å². The maximum absolute atomic E-state index is 5.95. The van der Waals surface area contributed by atoms with Gasteiger partial charge in [0.15, 0.2) is 0 Å². The first-order chi connectivity index (χ1) is 7.20. The van der Waals surface area contributed by atoms with Crippen molar-refractivity contribution in [3.63, 3.8) is 0 Å². The Morgan fingerprint density at radius 3 is 2.93 bits per heavy atom. The van der Waals surface area contributed by atoms with E-state index in [0.29, 0.717) is 6.04 Å². The van der Waals surface area contributed by atoms with Crippen LogP contribution in [0.2, 0.25) is 0 Å². The minimum absolute atomic E-state index is 0.566. The Hall–Kier alpha value is -0.120. The van der Waals surface area contributed by atoms with E-state index in [4.69, 9.17) is 11.6 Å². The van der Waals surface area contributed by atoms with Crippen molar-refractivity contribution in [3.05, 3.63) is 15.6 Å². The van der Waals surface area contributed by atoms with Crippen LogP contribution < -0.4 is 0 Å². The maximum atomic E-state index is 5.95. The van der Waals surface area contributed by atoms with Crippen LogP contribution in [-0.4, -0.2) is 28.4 Å². The first-order valence-corrected chi connectivity index (χ1v) is 6.78. The molecule has 0 bridgehead atoms. The van der Waals surface area contributed by atoms with Gasteiger partial charge in [-0.05, 0) is 33.2 Å². The standard InChI is InChI=1S/C11H17ClN2S/c1-8-9(2)15-11(13-8)7-14-5-3-4-10(14)6-12/h10H,3-7H2,1-2H3. The second kappa shape index (κ2) is 4.81. The molecule has 2 heterocycles. The second-order valence-electron chi connectivity index (χ2n) is 4.17. The topological polar surface area (TPSA) is 16.1 Å². The van der Waals surface area contributed by atoms with E-state index in [2.05, 4.69) is 23.7 Å². The number of nitrogens with zero attached hydrogens (tertiary/aromatic N) is 2. The summed E-state index contributed by atoms with van der Waals surface area (Å²) in [6.07, 6.45) is 2.52. The number of rotatable bonds is 3. The predicted octanol–water partition coefficient (Wildman–Crippen LogP) is 2.96. The smallest absolute Gasteiger partial charge is 0.107 e. The number of aromatic nitrogens is 1. The molecular weight excluding hydrogens is 228 g/mol. The Morgan fingerprint density at radius 2 is 2.33 bits per heavy atom. The third-order valence-electron chi connectivity index (χ3n) is 3.09. The summed E-state index contributed by atoms with van der Waals surface area (Å²) in [5, 5.41) is 1.24. The van der Waals surface area contributed by atoms with Gasteiger partial charge in [-0.1, -0.05) is 0 Å². The molecule has 15 heavy (non-hydrogen) atoms. The lowest BCUT2D eigenvalue weighted by Crippen LogP contribution is -2.30. The molecule has 1 unspecified atom stereocenters. The highest BCUT2D eigenvalue weighted by molar-refractivity contribution is 7.11. The van der Waals surface area contributed by atoms with Crippen molar-refractivity contribution >= 4 is 22.9 Å². The van der Waals surface area contributed by atoms with Gasteiger partial charge < -0.3 is 0 Å². The number of likely N-dealkylation sites (tertiary alicyclic amines) is 1. The molecule has 0 amide bonds. The fraction of sp³-hybridized carbons (Fsp3) is 0.727. The molecule has 1 aliphatic rings. The highest BCUT2D eigenvalue weighted by Crippen LogP contribution is 2.24. The van der Waals surface area contributed by atoms with E-state index < -0.39 is 0 Å². The zero-order valence-corrected chi connectivity index (χ0v) is 10.9. The molecule has 2 rings (SSSR count). The summed E-state index contributed by atoms with van der Waals surface area (Å²) in [4.78, 5) is 8.38. The van der Waals surface area contributed by atoms with Crippen LogP contribution in [-0.2, 0) is 6.54 Å². The summed E-state index contributed by atoms with van der Waals surface area (Å²) >= 11 is 7.76. The lowest BCUT2D eigenvalue weighted by atomic mass is 10.2. The van der Waals surface area contributed by atoms with Gasteiger partial charge in [-0.2, -0.15) is 0 Å². The lowest BCUT2D eigenvalue weighted by Gasteiger charge is -2.20. The molecule has 0 N–H and O–H groups in total. The van der Waals surface area contributed by atoms with E-state index >= 15 is 0 Å². The van der Waals surface area contributed by atoms with Crippen LogP contribution in [0.1, 0.15) is 28.4 Å². The Kier molecular flexibility index (Phi) is 3.65. The molecule has 0 radical (unpaired) electrons. The van der Waals surface area contributed by atoms with Gasteiger partial charge >= 0.3 is 0 Å². The molecule has 4 heteroatoms. The SMILES string of the molecule is Cc1nc(CN2CCCC2CCl)sc1C. The van der Waals surface area contributed by atoms with Gasteiger partial charge in [-0.3, -0.25) is 4.90 Å². The first kappa shape index (κ1) is 11.4. The van der Waals surface area contributed by atoms with E-state index in [0.717, 1.165) is 12.4 Å². The molecule has 1 aliphatic heterocycles. The van der Waals surface area contributed by atoms with Crippen molar-refractivity contribution in [3.8, 4) is 0 Å². The number of halogens is 1. The van der Waals surface area contributed by atoms with Gasteiger partial charge in [0.25, 0.3) is 0 Å². The highest BCUT2D eigenvalue weighted by atomic mass is 35.5. The second-order valence-corrected chi connectivity index (χ2v) is 5.77. The van der Waals surface area contributed by atoms with Crippen molar-refractivity contribution in [2.24, 2.45) is 0 Å². The highest BCUT2D eigenvalue weighted by Gasteiger charge is 2.24. The Labute approximate surface area is 100 Å². The maximum Gasteiger partial charge on any atom is 0.107 e. The minimum Gasteiger partial charge on any atom is -0.293 e. The van der Waals surface area contributed by atoms with Crippen LogP contribution in [0.4, 0.5) is 0 Å². The third kappa shape index (κ3) is 2.52. The van der Waals surface area contributed by atoms with Crippen molar-refractivity contribution in [2.75, 3.05) is 12.4 Å². The zero-order valence-electron chi connectivity index (χ0n) is 9.29. The normalized spacial score (nSPS) is 22.5. The Balaban J connectivity index is 2.02. The molecule has 2 nitrogen and oxygen atoms in total. The Bertz CT molecular complexity index is 318. The van der Waals surface area contributed by atoms with Gasteiger partial charge in [0.05, 0.1) is 12.2 Å². The molecule has 1 fully saturated rings. The molecule has 0 saturated carbocycles. The van der Waals surface area contributed by atoms with E-state index in [1.165, 1.54) is 35.0 Å². The van der Waals surface area contributed by atoms with Crippen LogP contribution in [0, 0.1) is 13.8 Å². The summed E-state index contributed by atoms with van der Waals surface area (Å²) in [6, 6.07) is 0.566. The van der Waals surface area contributed by atoms with Crippen molar-refractivity contribution in [2.45, 2.75) is 39.3 Å². The average Bonchev–Trinajstić information content (AvgIpc) is 2.75. The number of alkyl halides is 1. The molecule has 1 saturated heterocycles. The molecule has 1 aromatic rings. The van der Waals surface area contributed by atoms with Gasteiger partial charge in [-0.25, -0.2) is 4.98 Å². The number of aryl methyl sites for hydroxylation is 2. The predicted molar refractivity (Wildman–Crippen MR) is 65.7 cm³/mol. The molecular formula is C11H17ClN2S. The van der Waals surface area contributed by atoms with Gasteiger partial charge in [0.2, 0.25) is 0 Å². The summed E-state index contributed by atoms with van der Waals surface area (Å²) in [7, 11) is 0. The summed E-state index contributed by atoms with van der Waals surface area (Å²) in [5.41, 5.74) is 1.18.